The first kappa shape index (κ1) is 14.2. The summed E-state index contributed by atoms with van der Waals surface area (Å²) in [6.07, 6.45) is 2.39. The fourth-order valence-corrected chi connectivity index (χ4v) is 1.99. The van der Waals surface area contributed by atoms with Crippen molar-refractivity contribution >= 4 is 0 Å². The third-order valence-electron chi connectivity index (χ3n) is 3.26. The van der Waals surface area contributed by atoms with Crippen LogP contribution in [-0.2, 0) is 11.2 Å². The number of aryl methyl sites for hydroxylation is 1. The summed E-state index contributed by atoms with van der Waals surface area (Å²) in [7, 11) is 1.74. The number of rotatable bonds is 8. The Morgan fingerprint density at radius 2 is 2.06 bits per heavy atom. The van der Waals surface area contributed by atoms with Crippen LogP contribution in [0.15, 0.2) is 24.3 Å². The van der Waals surface area contributed by atoms with Crippen LogP contribution < -0.4 is 5.32 Å². The minimum atomic E-state index is 0.716. The molecule has 96 valence electrons. The van der Waals surface area contributed by atoms with Crippen molar-refractivity contribution in [3.05, 3.63) is 35.4 Å². The first-order valence-electron chi connectivity index (χ1n) is 6.52. The first-order valence-corrected chi connectivity index (χ1v) is 6.52. The Bertz CT molecular complexity index is 312. The van der Waals surface area contributed by atoms with Crippen molar-refractivity contribution in [1.82, 2.24) is 5.32 Å². The molecule has 0 aliphatic carbocycles. The molecule has 1 aromatic carbocycles. The molecule has 0 spiro atoms. The second-order valence-corrected chi connectivity index (χ2v) is 4.60. The Hall–Kier alpha value is -0.860. The minimum Gasteiger partial charge on any atom is -0.383 e. The molecule has 0 aliphatic rings. The fraction of sp³-hybridized carbons (Fsp3) is 0.600. The van der Waals surface area contributed by atoms with E-state index in [2.05, 4.69) is 43.4 Å². The molecular formula is C15H25NO. The number of hydrogen-bond donors (Lipinski definition) is 1. The van der Waals surface area contributed by atoms with Crippen LogP contribution in [0.5, 0.6) is 0 Å². The van der Waals surface area contributed by atoms with Crippen molar-refractivity contribution in [2.24, 2.45) is 5.92 Å². The molecule has 1 atom stereocenters. The summed E-state index contributed by atoms with van der Waals surface area (Å²) in [5.41, 5.74) is 2.88. The molecule has 0 heterocycles. The van der Waals surface area contributed by atoms with Gasteiger partial charge in [-0.15, -0.1) is 0 Å². The van der Waals surface area contributed by atoms with Crippen LogP contribution in [0.1, 0.15) is 24.5 Å². The predicted octanol–water partition coefficient (Wildman–Crippen LogP) is 2.80. The van der Waals surface area contributed by atoms with Gasteiger partial charge in [-0.05, 0) is 36.9 Å². The summed E-state index contributed by atoms with van der Waals surface area (Å²) in [6, 6.07) is 8.68. The van der Waals surface area contributed by atoms with Gasteiger partial charge in [-0.1, -0.05) is 37.6 Å². The average molecular weight is 235 g/mol. The van der Waals surface area contributed by atoms with E-state index in [4.69, 9.17) is 4.74 Å². The Morgan fingerprint density at radius 1 is 1.29 bits per heavy atom. The van der Waals surface area contributed by atoms with E-state index in [9.17, 15) is 0 Å². The molecule has 2 heteroatoms. The third kappa shape index (κ3) is 5.33. The third-order valence-corrected chi connectivity index (χ3v) is 3.26. The smallest absolute Gasteiger partial charge is 0.0587 e. The molecule has 1 unspecified atom stereocenters. The highest BCUT2D eigenvalue weighted by Crippen LogP contribution is 2.15. The van der Waals surface area contributed by atoms with E-state index in [1.54, 1.807) is 7.11 Å². The summed E-state index contributed by atoms with van der Waals surface area (Å²) in [4.78, 5) is 0. The zero-order chi connectivity index (χ0) is 12.5. The Labute approximate surface area is 105 Å². The molecule has 1 rings (SSSR count). The SMILES string of the molecule is CCC(CNCCOC)Cc1ccccc1C. The van der Waals surface area contributed by atoms with Gasteiger partial charge in [0.25, 0.3) is 0 Å². The Morgan fingerprint density at radius 3 is 2.71 bits per heavy atom. The van der Waals surface area contributed by atoms with Crippen molar-refractivity contribution in [1.29, 1.82) is 0 Å². The highest BCUT2D eigenvalue weighted by atomic mass is 16.5. The van der Waals surface area contributed by atoms with Crippen LogP contribution in [0.2, 0.25) is 0 Å². The number of nitrogens with one attached hydrogen (secondary N) is 1. The van der Waals surface area contributed by atoms with Crippen LogP contribution in [0.4, 0.5) is 0 Å². The van der Waals surface area contributed by atoms with E-state index in [1.807, 2.05) is 0 Å². The fourth-order valence-electron chi connectivity index (χ4n) is 1.99. The molecule has 0 fully saturated rings. The summed E-state index contributed by atoms with van der Waals surface area (Å²) < 4.78 is 5.03. The molecule has 0 aliphatic heterocycles. The van der Waals surface area contributed by atoms with Gasteiger partial charge in [-0.3, -0.25) is 0 Å². The monoisotopic (exact) mass is 235 g/mol. The standard InChI is InChI=1S/C15H25NO/c1-4-14(12-16-9-10-17-3)11-15-8-6-5-7-13(15)2/h5-8,14,16H,4,9-12H2,1-3H3. The average Bonchev–Trinajstić information content (AvgIpc) is 2.35. The van der Waals surface area contributed by atoms with Crippen molar-refractivity contribution in [2.75, 3.05) is 26.8 Å². The molecule has 0 saturated carbocycles. The van der Waals surface area contributed by atoms with Gasteiger partial charge < -0.3 is 10.1 Å². The molecule has 0 saturated heterocycles. The van der Waals surface area contributed by atoms with Crippen LogP contribution in [-0.4, -0.2) is 26.8 Å². The number of hydrogen-bond acceptors (Lipinski definition) is 2. The van der Waals surface area contributed by atoms with E-state index in [-0.39, 0.29) is 0 Å². The maximum absolute atomic E-state index is 5.03. The number of methoxy groups -OCH3 is 1. The lowest BCUT2D eigenvalue weighted by atomic mass is 9.94. The predicted molar refractivity (Wildman–Crippen MR) is 73.4 cm³/mol. The molecule has 1 N–H and O–H groups in total. The number of benzene rings is 1. The Balaban J connectivity index is 2.38. The molecule has 0 amide bonds. The van der Waals surface area contributed by atoms with E-state index in [0.717, 1.165) is 19.7 Å². The van der Waals surface area contributed by atoms with Gasteiger partial charge in [-0.2, -0.15) is 0 Å². The molecule has 17 heavy (non-hydrogen) atoms. The Kier molecular flexibility index (Phi) is 6.90. The molecule has 0 bridgehead atoms. The van der Waals surface area contributed by atoms with E-state index < -0.39 is 0 Å². The zero-order valence-corrected chi connectivity index (χ0v) is 11.3. The van der Waals surface area contributed by atoms with E-state index in [0.29, 0.717) is 5.92 Å². The normalized spacial score (nSPS) is 12.6. The van der Waals surface area contributed by atoms with Crippen LogP contribution in [0, 0.1) is 12.8 Å². The van der Waals surface area contributed by atoms with Gasteiger partial charge in [0.2, 0.25) is 0 Å². The molecule has 0 radical (unpaired) electrons. The van der Waals surface area contributed by atoms with Crippen molar-refractivity contribution in [3.8, 4) is 0 Å². The molecule has 1 aromatic rings. The summed E-state index contributed by atoms with van der Waals surface area (Å²) in [5.74, 6) is 0.716. The summed E-state index contributed by atoms with van der Waals surface area (Å²) >= 11 is 0. The molecule has 0 aromatic heterocycles. The van der Waals surface area contributed by atoms with Crippen LogP contribution in [0.25, 0.3) is 0 Å². The summed E-state index contributed by atoms with van der Waals surface area (Å²) in [6.45, 7) is 7.27. The van der Waals surface area contributed by atoms with E-state index in [1.165, 1.54) is 24.0 Å². The maximum Gasteiger partial charge on any atom is 0.0587 e. The summed E-state index contributed by atoms with van der Waals surface area (Å²) in [5, 5.41) is 3.45. The second-order valence-electron chi connectivity index (χ2n) is 4.60. The highest BCUT2D eigenvalue weighted by molar-refractivity contribution is 5.25. The van der Waals surface area contributed by atoms with Crippen molar-refractivity contribution in [3.63, 3.8) is 0 Å². The lowest BCUT2D eigenvalue weighted by molar-refractivity contribution is 0.197. The highest BCUT2D eigenvalue weighted by Gasteiger charge is 2.08. The van der Waals surface area contributed by atoms with Gasteiger partial charge in [0.15, 0.2) is 0 Å². The quantitative estimate of drug-likeness (QED) is 0.700. The second kappa shape index (κ2) is 8.26. The van der Waals surface area contributed by atoms with E-state index >= 15 is 0 Å². The molecular weight excluding hydrogens is 210 g/mol. The van der Waals surface area contributed by atoms with Gasteiger partial charge in [0, 0.05) is 13.7 Å². The van der Waals surface area contributed by atoms with Crippen LogP contribution >= 0.6 is 0 Å². The topological polar surface area (TPSA) is 21.3 Å². The van der Waals surface area contributed by atoms with Gasteiger partial charge in [0.05, 0.1) is 6.61 Å². The van der Waals surface area contributed by atoms with Gasteiger partial charge in [0.1, 0.15) is 0 Å². The minimum absolute atomic E-state index is 0.716. The van der Waals surface area contributed by atoms with Crippen LogP contribution in [0.3, 0.4) is 0 Å². The largest absolute Gasteiger partial charge is 0.383 e. The lowest BCUT2D eigenvalue weighted by Crippen LogP contribution is -2.27. The number of ether oxygens (including phenoxy) is 1. The van der Waals surface area contributed by atoms with Crippen molar-refractivity contribution in [2.45, 2.75) is 26.7 Å². The first-order chi connectivity index (χ1) is 8.27. The zero-order valence-electron chi connectivity index (χ0n) is 11.3. The lowest BCUT2D eigenvalue weighted by Gasteiger charge is -2.17. The van der Waals surface area contributed by atoms with Gasteiger partial charge in [-0.25, -0.2) is 0 Å². The van der Waals surface area contributed by atoms with Gasteiger partial charge >= 0.3 is 0 Å². The molecule has 2 nitrogen and oxygen atoms in total. The maximum atomic E-state index is 5.03. The van der Waals surface area contributed by atoms with Crippen molar-refractivity contribution < 1.29 is 4.74 Å².